The van der Waals surface area contributed by atoms with Crippen LogP contribution in [0.5, 0.6) is 0 Å². The molecule has 104 valence electrons. The van der Waals surface area contributed by atoms with E-state index in [1.54, 1.807) is 0 Å². The molecule has 2 N–H and O–H groups in total. The smallest absolute Gasteiger partial charge is 0.276 e. The Bertz CT molecular complexity index is 643. The van der Waals surface area contributed by atoms with Gasteiger partial charge in [0.15, 0.2) is 0 Å². The van der Waals surface area contributed by atoms with E-state index in [1.807, 2.05) is 37.1 Å². The summed E-state index contributed by atoms with van der Waals surface area (Å²) in [5, 5.41) is 10.8. The summed E-state index contributed by atoms with van der Waals surface area (Å²) in [4.78, 5) is 16.3. The Balaban J connectivity index is 2.25. The predicted octanol–water partition coefficient (Wildman–Crippen LogP) is 2.52. The molecule has 6 heteroatoms. The minimum absolute atomic E-state index is 0.0522. The molecule has 0 aliphatic rings. The number of nitro groups is 1. The number of hydrogen-bond acceptors (Lipinski definition) is 5. The highest BCUT2D eigenvalue weighted by Crippen LogP contribution is 2.22. The summed E-state index contributed by atoms with van der Waals surface area (Å²) >= 11 is 0. The fraction of sp³-hybridized carbons (Fsp3) is 0.214. The van der Waals surface area contributed by atoms with Crippen molar-refractivity contribution in [2.45, 2.75) is 13.5 Å². The summed E-state index contributed by atoms with van der Waals surface area (Å²) in [5.41, 5.74) is 7.84. The standard InChI is InChI=1S/C14H16N4O2/c1-10-4-3-5-11(6-10)9-17(2)14-8-12(18(19)20)7-13(15)16-14/h3-8H,9H2,1-2H3,(H2,15,16). The number of nitrogen functional groups attached to an aromatic ring is 1. The quantitative estimate of drug-likeness (QED) is 0.682. The highest BCUT2D eigenvalue weighted by atomic mass is 16.6. The van der Waals surface area contributed by atoms with Gasteiger partial charge in [-0.25, -0.2) is 4.98 Å². The number of aryl methyl sites for hydroxylation is 1. The van der Waals surface area contributed by atoms with Crippen LogP contribution in [-0.2, 0) is 6.54 Å². The number of rotatable bonds is 4. The molecule has 0 saturated carbocycles. The van der Waals surface area contributed by atoms with E-state index in [0.29, 0.717) is 12.4 Å². The summed E-state index contributed by atoms with van der Waals surface area (Å²) in [6, 6.07) is 10.7. The van der Waals surface area contributed by atoms with Crippen molar-refractivity contribution < 1.29 is 4.92 Å². The summed E-state index contributed by atoms with van der Waals surface area (Å²) in [6.45, 7) is 2.63. The highest BCUT2D eigenvalue weighted by Gasteiger charge is 2.12. The first-order valence-electron chi connectivity index (χ1n) is 6.14. The van der Waals surface area contributed by atoms with Crippen molar-refractivity contribution in [3.63, 3.8) is 0 Å². The van der Waals surface area contributed by atoms with Gasteiger partial charge >= 0.3 is 0 Å². The van der Waals surface area contributed by atoms with Gasteiger partial charge in [0.25, 0.3) is 5.69 Å². The maximum atomic E-state index is 10.8. The summed E-state index contributed by atoms with van der Waals surface area (Å²) in [7, 11) is 1.83. The molecule has 0 radical (unpaired) electrons. The summed E-state index contributed by atoms with van der Waals surface area (Å²) < 4.78 is 0. The number of anilines is 2. The third kappa shape index (κ3) is 3.23. The Morgan fingerprint density at radius 1 is 1.35 bits per heavy atom. The van der Waals surface area contributed by atoms with E-state index in [-0.39, 0.29) is 11.5 Å². The molecule has 1 aromatic heterocycles. The Morgan fingerprint density at radius 2 is 2.10 bits per heavy atom. The summed E-state index contributed by atoms with van der Waals surface area (Å²) in [5.74, 6) is 0.628. The molecule has 0 aliphatic heterocycles. The lowest BCUT2D eigenvalue weighted by Crippen LogP contribution is -2.18. The molecule has 0 spiro atoms. The average Bonchev–Trinajstić information content (AvgIpc) is 2.37. The van der Waals surface area contributed by atoms with E-state index in [0.717, 1.165) is 5.56 Å². The van der Waals surface area contributed by atoms with E-state index >= 15 is 0 Å². The van der Waals surface area contributed by atoms with Gasteiger partial charge in [-0.05, 0) is 12.5 Å². The average molecular weight is 272 g/mol. The zero-order chi connectivity index (χ0) is 14.7. The SMILES string of the molecule is Cc1cccc(CN(C)c2cc([N+](=O)[O-])cc(N)n2)c1. The molecule has 2 rings (SSSR count). The topological polar surface area (TPSA) is 85.3 Å². The molecule has 0 aliphatic carbocycles. The lowest BCUT2D eigenvalue weighted by atomic mass is 10.1. The first-order chi connectivity index (χ1) is 9.45. The summed E-state index contributed by atoms with van der Waals surface area (Å²) in [6.07, 6.45) is 0. The van der Waals surface area contributed by atoms with Crippen LogP contribution >= 0.6 is 0 Å². The first-order valence-corrected chi connectivity index (χ1v) is 6.14. The molecule has 1 aromatic carbocycles. The highest BCUT2D eigenvalue weighted by molar-refractivity contribution is 5.54. The molecular weight excluding hydrogens is 256 g/mol. The Hall–Kier alpha value is -2.63. The van der Waals surface area contributed by atoms with Crippen molar-refractivity contribution in [1.82, 2.24) is 4.98 Å². The van der Waals surface area contributed by atoms with Crippen LogP contribution in [-0.4, -0.2) is 17.0 Å². The zero-order valence-electron chi connectivity index (χ0n) is 11.4. The number of nitrogens with two attached hydrogens (primary N) is 1. The van der Waals surface area contributed by atoms with Crippen molar-refractivity contribution in [1.29, 1.82) is 0 Å². The number of aromatic nitrogens is 1. The number of pyridine rings is 1. The zero-order valence-corrected chi connectivity index (χ0v) is 11.4. The number of benzene rings is 1. The monoisotopic (exact) mass is 272 g/mol. The second-order valence-electron chi connectivity index (χ2n) is 4.71. The van der Waals surface area contributed by atoms with Gasteiger partial charge in [0.1, 0.15) is 11.6 Å². The largest absolute Gasteiger partial charge is 0.383 e. The maximum absolute atomic E-state index is 10.8. The van der Waals surface area contributed by atoms with Gasteiger partial charge in [-0.15, -0.1) is 0 Å². The predicted molar refractivity (Wildman–Crippen MR) is 78.6 cm³/mol. The van der Waals surface area contributed by atoms with E-state index in [2.05, 4.69) is 11.1 Å². The van der Waals surface area contributed by atoms with Crippen LogP contribution in [0.3, 0.4) is 0 Å². The van der Waals surface area contributed by atoms with Crippen molar-refractivity contribution in [3.8, 4) is 0 Å². The normalized spacial score (nSPS) is 10.3. The van der Waals surface area contributed by atoms with Crippen LogP contribution in [0.4, 0.5) is 17.3 Å². The van der Waals surface area contributed by atoms with E-state index in [1.165, 1.54) is 17.7 Å². The minimum Gasteiger partial charge on any atom is -0.383 e. The van der Waals surface area contributed by atoms with Crippen LogP contribution in [0.1, 0.15) is 11.1 Å². The van der Waals surface area contributed by atoms with E-state index in [4.69, 9.17) is 5.73 Å². The third-order valence-corrected chi connectivity index (χ3v) is 2.92. The molecule has 6 nitrogen and oxygen atoms in total. The van der Waals surface area contributed by atoms with Crippen LogP contribution in [0, 0.1) is 17.0 Å². The number of hydrogen-bond donors (Lipinski definition) is 1. The van der Waals surface area contributed by atoms with Crippen LogP contribution < -0.4 is 10.6 Å². The molecule has 0 atom stereocenters. The van der Waals surface area contributed by atoms with Gasteiger partial charge in [0.2, 0.25) is 0 Å². The van der Waals surface area contributed by atoms with Crippen molar-refractivity contribution in [3.05, 3.63) is 57.6 Å². The van der Waals surface area contributed by atoms with Gasteiger partial charge in [-0.3, -0.25) is 10.1 Å². The maximum Gasteiger partial charge on any atom is 0.276 e. The molecule has 0 fully saturated rings. The molecule has 2 aromatic rings. The Morgan fingerprint density at radius 3 is 2.75 bits per heavy atom. The molecule has 0 amide bonds. The van der Waals surface area contributed by atoms with Crippen LogP contribution in [0.2, 0.25) is 0 Å². The molecule has 0 saturated heterocycles. The molecule has 1 heterocycles. The third-order valence-electron chi connectivity index (χ3n) is 2.92. The minimum atomic E-state index is -0.470. The lowest BCUT2D eigenvalue weighted by Gasteiger charge is -2.18. The lowest BCUT2D eigenvalue weighted by molar-refractivity contribution is -0.384. The van der Waals surface area contributed by atoms with Gasteiger partial charge in [0, 0.05) is 13.6 Å². The molecular formula is C14H16N4O2. The second-order valence-corrected chi connectivity index (χ2v) is 4.71. The van der Waals surface area contributed by atoms with Gasteiger partial charge < -0.3 is 10.6 Å². The Labute approximate surface area is 117 Å². The Kier molecular flexibility index (Phi) is 3.84. The fourth-order valence-electron chi connectivity index (χ4n) is 1.99. The molecule has 0 unspecified atom stereocenters. The van der Waals surface area contributed by atoms with Gasteiger partial charge in [-0.1, -0.05) is 29.8 Å². The van der Waals surface area contributed by atoms with Crippen molar-refractivity contribution in [2.75, 3.05) is 17.7 Å². The first kappa shape index (κ1) is 13.8. The van der Waals surface area contributed by atoms with Gasteiger partial charge in [0.05, 0.1) is 17.1 Å². The van der Waals surface area contributed by atoms with Crippen LogP contribution in [0.15, 0.2) is 36.4 Å². The van der Waals surface area contributed by atoms with Gasteiger partial charge in [-0.2, -0.15) is 0 Å². The fourth-order valence-corrected chi connectivity index (χ4v) is 1.99. The molecule has 0 bridgehead atoms. The van der Waals surface area contributed by atoms with Crippen molar-refractivity contribution >= 4 is 17.3 Å². The van der Waals surface area contributed by atoms with E-state index in [9.17, 15) is 10.1 Å². The van der Waals surface area contributed by atoms with Crippen molar-refractivity contribution in [2.24, 2.45) is 0 Å². The van der Waals surface area contributed by atoms with Crippen LogP contribution in [0.25, 0.3) is 0 Å². The molecule has 20 heavy (non-hydrogen) atoms. The van der Waals surface area contributed by atoms with E-state index < -0.39 is 4.92 Å². The second kappa shape index (κ2) is 5.56. The number of nitrogens with zero attached hydrogens (tertiary/aromatic N) is 3.